The molecule has 2 heterocycles. The van der Waals surface area contributed by atoms with Crippen LogP contribution in [-0.2, 0) is 19.1 Å². The van der Waals surface area contributed by atoms with Crippen molar-refractivity contribution in [1.29, 1.82) is 0 Å². The molecule has 0 saturated carbocycles. The fourth-order valence-electron chi connectivity index (χ4n) is 9.25. The van der Waals surface area contributed by atoms with Crippen molar-refractivity contribution in [2.75, 3.05) is 18.5 Å². The molecule has 0 radical (unpaired) electrons. The highest BCUT2D eigenvalue weighted by Crippen LogP contribution is 2.60. The number of fused-ring (bicyclic) bond motifs is 1. The van der Waals surface area contributed by atoms with Gasteiger partial charge < -0.3 is 30.7 Å². The van der Waals surface area contributed by atoms with Crippen molar-refractivity contribution in [3.8, 4) is 0 Å². The first kappa shape index (κ1) is 46.2. The zero-order valence-corrected chi connectivity index (χ0v) is 38.5. The number of carbonyl (C=O) groups excluding carboxylic acids is 4. The molecule has 2 aliphatic heterocycles. The molecule has 2 saturated heterocycles. The van der Waals surface area contributed by atoms with E-state index < -0.39 is 31.0 Å². The lowest BCUT2D eigenvalue weighted by atomic mass is 9.72. The van der Waals surface area contributed by atoms with E-state index in [1.165, 1.54) is 27.1 Å². The first-order valence-electron chi connectivity index (χ1n) is 22.0. The quantitative estimate of drug-likeness (QED) is 0.0336. The van der Waals surface area contributed by atoms with Gasteiger partial charge in [-0.15, -0.1) is 0 Å². The van der Waals surface area contributed by atoms with Gasteiger partial charge in [-0.25, -0.2) is 14.4 Å². The van der Waals surface area contributed by atoms with Crippen LogP contribution in [0.25, 0.3) is 0 Å². The summed E-state index contributed by atoms with van der Waals surface area (Å²) in [6, 6.07) is 32.2. The van der Waals surface area contributed by atoms with E-state index in [0.29, 0.717) is 50.3 Å². The number of thioether (sulfide) groups is 1. The van der Waals surface area contributed by atoms with Gasteiger partial charge in [0.1, 0.15) is 40.9 Å². The normalized spacial score (nSPS) is 21.4. The number of nitrogens with one attached hydrogen (secondary N) is 4. The van der Waals surface area contributed by atoms with Crippen LogP contribution in [0, 0.1) is 5.41 Å². The van der Waals surface area contributed by atoms with E-state index in [9.17, 15) is 19.2 Å². The zero-order valence-electron chi connectivity index (χ0n) is 36.8. The number of hydrogen-bond acceptors (Lipinski definition) is 7. The van der Waals surface area contributed by atoms with Crippen molar-refractivity contribution in [3.63, 3.8) is 0 Å². The molecule has 61 heavy (non-hydrogen) atoms. The maximum absolute atomic E-state index is 14.0. The van der Waals surface area contributed by atoms with Gasteiger partial charge in [-0.2, -0.15) is 11.8 Å². The zero-order chi connectivity index (χ0) is 43.6. The minimum Gasteiger partial charge on any atom is -0.460 e. The summed E-state index contributed by atoms with van der Waals surface area (Å²) >= 11 is 1.89. The van der Waals surface area contributed by atoms with Crippen LogP contribution < -0.4 is 37.2 Å². The molecule has 0 aromatic heterocycles. The number of amides is 4. The highest BCUT2D eigenvalue weighted by atomic mass is 32.2. The molecular formula is C49H66N4O6PS+. The maximum Gasteiger partial charge on any atom is 0.408 e. The number of hydrogen-bond donors (Lipinski definition) is 4. The van der Waals surface area contributed by atoms with Gasteiger partial charge in [0, 0.05) is 30.4 Å². The Hall–Kier alpha value is -4.34. The van der Waals surface area contributed by atoms with Crippen LogP contribution in [-0.4, -0.2) is 77.5 Å². The molecule has 0 spiro atoms. The summed E-state index contributed by atoms with van der Waals surface area (Å²) in [5.74, 6) is 0.472. The van der Waals surface area contributed by atoms with E-state index in [1.807, 2.05) is 11.8 Å². The summed E-state index contributed by atoms with van der Waals surface area (Å²) in [7, 11) is -2.14. The third kappa shape index (κ3) is 12.2. The lowest BCUT2D eigenvalue weighted by molar-refractivity contribution is -0.153. The van der Waals surface area contributed by atoms with E-state index >= 15 is 0 Å². The average molecular weight is 870 g/mol. The van der Waals surface area contributed by atoms with Gasteiger partial charge in [-0.05, 0) is 114 Å². The number of alkyl carbamates (subject to hydrolysis) is 1. The highest BCUT2D eigenvalue weighted by Gasteiger charge is 2.50. The van der Waals surface area contributed by atoms with Crippen LogP contribution in [0.5, 0.6) is 0 Å². The van der Waals surface area contributed by atoms with E-state index in [2.05, 4.69) is 133 Å². The lowest BCUT2D eigenvalue weighted by Crippen LogP contribution is -2.46. The standard InChI is InChI=1S/C49H65N4O6PS/c1-34-30-35(31-49(5,6)39(34)32-60(36-20-10-7-11-21-36,37-22-12-8-13-23-37)38-24-14-9-15-25-38)58-45(55)40(52-47(57)59-48(2,3)4)26-18-19-29-50-43(54)28-17-16-27-42-44-41(33-61-42)51-46(56)53-44/h7-15,20-25,35,40-42,44H,16-19,26-33H2,1-6H3,(H3-,50,51,52,53,54,56,57)/p+1/t35?,40-,41-,42-,44-/m0/s1. The van der Waals surface area contributed by atoms with Crippen molar-refractivity contribution in [3.05, 3.63) is 102 Å². The Balaban J connectivity index is 1.07. The van der Waals surface area contributed by atoms with Gasteiger partial charge in [0.25, 0.3) is 0 Å². The second kappa shape index (κ2) is 20.7. The second-order valence-corrected chi connectivity index (χ2v) is 23.3. The van der Waals surface area contributed by atoms with Gasteiger partial charge in [0.15, 0.2) is 0 Å². The minimum atomic E-state index is -2.14. The molecule has 328 valence electrons. The molecule has 6 rings (SSSR count). The van der Waals surface area contributed by atoms with E-state index in [0.717, 1.165) is 31.2 Å². The summed E-state index contributed by atoms with van der Waals surface area (Å²) < 4.78 is 11.9. The molecule has 3 aromatic carbocycles. The Kier molecular flexibility index (Phi) is 15.7. The molecule has 3 aromatic rings. The van der Waals surface area contributed by atoms with Crippen molar-refractivity contribution in [2.24, 2.45) is 5.41 Å². The largest absolute Gasteiger partial charge is 0.460 e. The third-order valence-electron chi connectivity index (χ3n) is 12.2. The summed E-state index contributed by atoms with van der Waals surface area (Å²) in [4.78, 5) is 51.3. The smallest absolute Gasteiger partial charge is 0.408 e. The van der Waals surface area contributed by atoms with Gasteiger partial charge in [0.2, 0.25) is 5.91 Å². The molecular weight excluding hydrogens is 804 g/mol. The summed E-state index contributed by atoms with van der Waals surface area (Å²) in [6.45, 7) is 12.6. The molecule has 4 amide bonds. The monoisotopic (exact) mass is 869 g/mol. The average Bonchev–Trinajstić information content (AvgIpc) is 3.78. The van der Waals surface area contributed by atoms with Crippen LogP contribution in [0.3, 0.4) is 0 Å². The molecule has 5 atom stereocenters. The predicted octanol–water partition coefficient (Wildman–Crippen LogP) is 7.93. The van der Waals surface area contributed by atoms with Gasteiger partial charge in [-0.3, -0.25) is 4.79 Å². The molecule has 4 N–H and O–H groups in total. The van der Waals surface area contributed by atoms with E-state index in [-0.39, 0.29) is 35.5 Å². The fraction of sp³-hybridized carbons (Fsp3) is 0.510. The number of unbranched alkanes of at least 4 members (excludes halogenated alkanes) is 2. The molecule has 3 aliphatic rings. The first-order valence-corrected chi connectivity index (χ1v) is 25.1. The number of esters is 1. The van der Waals surface area contributed by atoms with Crippen molar-refractivity contribution < 1.29 is 28.7 Å². The Morgan fingerprint density at radius 2 is 1.48 bits per heavy atom. The third-order valence-corrected chi connectivity index (χ3v) is 18.0. The number of ether oxygens (including phenoxy) is 2. The van der Waals surface area contributed by atoms with E-state index in [4.69, 9.17) is 9.47 Å². The van der Waals surface area contributed by atoms with Gasteiger partial charge in [0.05, 0.1) is 18.2 Å². The Morgan fingerprint density at radius 3 is 2.05 bits per heavy atom. The van der Waals surface area contributed by atoms with Crippen LogP contribution in [0.2, 0.25) is 0 Å². The molecule has 12 heteroatoms. The van der Waals surface area contributed by atoms with Crippen LogP contribution in [0.1, 0.15) is 99.3 Å². The molecule has 1 aliphatic carbocycles. The van der Waals surface area contributed by atoms with Gasteiger partial charge in [-0.1, -0.05) is 80.4 Å². The van der Waals surface area contributed by atoms with Crippen LogP contribution in [0.4, 0.5) is 9.59 Å². The summed E-state index contributed by atoms with van der Waals surface area (Å²) in [5.41, 5.74) is 1.64. The Labute approximate surface area is 367 Å². The van der Waals surface area contributed by atoms with Crippen molar-refractivity contribution in [1.82, 2.24) is 21.3 Å². The number of carbonyl (C=O) groups is 4. The van der Waals surface area contributed by atoms with Gasteiger partial charge >= 0.3 is 18.1 Å². The first-order chi connectivity index (χ1) is 29.1. The lowest BCUT2D eigenvalue weighted by Gasteiger charge is -2.41. The topological polar surface area (TPSA) is 135 Å². The van der Waals surface area contributed by atoms with Crippen molar-refractivity contribution >= 4 is 58.9 Å². The number of allylic oxidation sites excluding steroid dienone is 1. The van der Waals surface area contributed by atoms with Crippen LogP contribution in [0.15, 0.2) is 102 Å². The van der Waals surface area contributed by atoms with E-state index in [1.54, 1.807) is 20.8 Å². The Morgan fingerprint density at radius 1 is 0.869 bits per heavy atom. The number of urea groups is 1. The minimum absolute atomic E-state index is 0.00835. The summed E-state index contributed by atoms with van der Waals surface area (Å²) in [6.07, 6.45) is 5.87. The molecule has 1 unspecified atom stereocenters. The molecule has 0 bridgehead atoms. The number of rotatable bonds is 18. The fourth-order valence-corrected chi connectivity index (χ4v) is 15.5. The number of benzene rings is 3. The predicted molar refractivity (Wildman–Crippen MR) is 250 cm³/mol. The maximum atomic E-state index is 14.0. The molecule has 10 nitrogen and oxygen atoms in total. The SMILES string of the molecule is CC1=C(C[P+](c2ccccc2)(c2ccccc2)c2ccccc2)C(C)(C)CC(OC(=O)[C@H](CCCCNC(=O)CCCC[C@@H]2SC[C@@H]3NC(=O)N[C@@H]32)NC(=O)OC(C)(C)C)C1. The highest BCUT2D eigenvalue weighted by molar-refractivity contribution is 8.00. The van der Waals surface area contributed by atoms with Crippen LogP contribution >= 0.6 is 19.0 Å². The molecule has 2 fully saturated rings. The van der Waals surface area contributed by atoms with Crippen molar-refractivity contribution in [2.45, 2.75) is 134 Å². The summed E-state index contributed by atoms with van der Waals surface area (Å²) in [5, 5.41) is 16.2. The second-order valence-electron chi connectivity index (χ2n) is 18.5. The Bertz CT molecular complexity index is 1890.